The molecule has 0 radical (unpaired) electrons. The molecule has 1 fully saturated rings. The Bertz CT molecular complexity index is 159. The molecule has 4 heteroatoms. The molecule has 1 amide bonds. The van der Waals surface area contributed by atoms with Gasteiger partial charge < -0.3 is 15.0 Å². The zero-order valence-electron chi connectivity index (χ0n) is 7.13. The standard InChI is InChI=1S/C7H14N2O2/c1-8-7(10)11-6-4-5(6)9(2)3/h5-6H,4H2,1-3H3,(H,8,10). The van der Waals surface area contributed by atoms with Crippen molar-refractivity contribution in [1.82, 2.24) is 10.2 Å². The molecule has 1 aliphatic carbocycles. The molecule has 2 unspecified atom stereocenters. The SMILES string of the molecule is CNC(=O)OC1CC1N(C)C. The van der Waals surface area contributed by atoms with Crippen molar-refractivity contribution in [3.8, 4) is 0 Å². The summed E-state index contributed by atoms with van der Waals surface area (Å²) in [5, 5.41) is 2.42. The molecule has 0 bridgehead atoms. The molecule has 64 valence electrons. The molecule has 0 aromatic carbocycles. The van der Waals surface area contributed by atoms with Crippen LogP contribution in [-0.4, -0.2) is 44.3 Å². The van der Waals surface area contributed by atoms with Gasteiger partial charge in [0.25, 0.3) is 0 Å². The van der Waals surface area contributed by atoms with Gasteiger partial charge in [-0.25, -0.2) is 4.79 Å². The monoisotopic (exact) mass is 158 g/mol. The van der Waals surface area contributed by atoms with Crippen molar-refractivity contribution >= 4 is 6.09 Å². The van der Waals surface area contributed by atoms with Crippen LogP contribution in [0.5, 0.6) is 0 Å². The number of carbonyl (C=O) groups is 1. The number of nitrogens with one attached hydrogen (secondary N) is 1. The summed E-state index contributed by atoms with van der Waals surface area (Å²) in [4.78, 5) is 12.7. The van der Waals surface area contributed by atoms with E-state index in [-0.39, 0.29) is 12.2 Å². The Morgan fingerprint density at radius 2 is 2.27 bits per heavy atom. The summed E-state index contributed by atoms with van der Waals surface area (Å²) in [6, 6.07) is 0.423. The van der Waals surface area contributed by atoms with Crippen LogP contribution >= 0.6 is 0 Å². The van der Waals surface area contributed by atoms with E-state index in [0.29, 0.717) is 6.04 Å². The van der Waals surface area contributed by atoms with Gasteiger partial charge >= 0.3 is 6.09 Å². The van der Waals surface area contributed by atoms with Gasteiger partial charge in [-0.1, -0.05) is 0 Å². The number of nitrogens with zero attached hydrogens (tertiary/aromatic N) is 1. The first kappa shape index (κ1) is 8.33. The zero-order valence-corrected chi connectivity index (χ0v) is 7.13. The molecule has 0 heterocycles. The summed E-state index contributed by atoms with van der Waals surface area (Å²) < 4.78 is 4.99. The first-order valence-electron chi connectivity index (χ1n) is 3.70. The van der Waals surface area contributed by atoms with E-state index < -0.39 is 0 Å². The summed E-state index contributed by atoms with van der Waals surface area (Å²) >= 11 is 0. The van der Waals surface area contributed by atoms with E-state index >= 15 is 0 Å². The fourth-order valence-corrected chi connectivity index (χ4v) is 1.03. The van der Waals surface area contributed by atoms with Crippen LogP contribution in [0.2, 0.25) is 0 Å². The highest BCUT2D eigenvalue weighted by molar-refractivity contribution is 5.67. The van der Waals surface area contributed by atoms with E-state index in [1.807, 2.05) is 14.1 Å². The Labute approximate surface area is 66.5 Å². The molecule has 1 rings (SSSR count). The Morgan fingerprint density at radius 3 is 2.64 bits per heavy atom. The molecular formula is C7H14N2O2. The van der Waals surface area contributed by atoms with E-state index in [0.717, 1.165) is 6.42 Å². The van der Waals surface area contributed by atoms with Crippen molar-refractivity contribution in [3.63, 3.8) is 0 Å². The van der Waals surface area contributed by atoms with Crippen LogP contribution in [0.3, 0.4) is 0 Å². The van der Waals surface area contributed by atoms with Crippen LogP contribution in [0.25, 0.3) is 0 Å². The summed E-state index contributed by atoms with van der Waals surface area (Å²) in [6.07, 6.45) is 0.727. The Morgan fingerprint density at radius 1 is 1.64 bits per heavy atom. The Balaban J connectivity index is 2.18. The molecule has 4 nitrogen and oxygen atoms in total. The highest BCUT2D eigenvalue weighted by Gasteiger charge is 2.42. The lowest BCUT2D eigenvalue weighted by atomic mass is 10.6. The van der Waals surface area contributed by atoms with Gasteiger partial charge in [-0.15, -0.1) is 0 Å². The van der Waals surface area contributed by atoms with Gasteiger partial charge in [0.05, 0.1) is 0 Å². The van der Waals surface area contributed by atoms with E-state index in [4.69, 9.17) is 4.74 Å². The lowest BCUT2D eigenvalue weighted by Gasteiger charge is -2.08. The highest BCUT2D eigenvalue weighted by atomic mass is 16.6. The molecule has 0 spiro atoms. The van der Waals surface area contributed by atoms with Crippen molar-refractivity contribution in [1.29, 1.82) is 0 Å². The van der Waals surface area contributed by atoms with Crippen LogP contribution in [0.15, 0.2) is 0 Å². The summed E-state index contributed by atoms with van der Waals surface area (Å²) in [5.41, 5.74) is 0. The lowest BCUT2D eigenvalue weighted by molar-refractivity contribution is 0.130. The number of amides is 1. The molecule has 0 saturated heterocycles. The predicted molar refractivity (Wildman–Crippen MR) is 41.4 cm³/mol. The van der Waals surface area contributed by atoms with Crippen LogP contribution in [0.4, 0.5) is 4.79 Å². The number of rotatable bonds is 2. The van der Waals surface area contributed by atoms with Crippen LogP contribution in [0, 0.1) is 0 Å². The molecule has 0 aliphatic heterocycles. The first-order valence-corrected chi connectivity index (χ1v) is 3.70. The topological polar surface area (TPSA) is 41.6 Å². The van der Waals surface area contributed by atoms with Crippen molar-refractivity contribution in [2.45, 2.75) is 18.6 Å². The minimum Gasteiger partial charge on any atom is -0.445 e. The van der Waals surface area contributed by atoms with Crippen molar-refractivity contribution in [2.75, 3.05) is 21.1 Å². The van der Waals surface area contributed by atoms with Crippen LogP contribution in [0.1, 0.15) is 6.42 Å². The number of ether oxygens (including phenoxy) is 1. The van der Waals surface area contributed by atoms with Crippen LogP contribution in [-0.2, 0) is 4.74 Å². The number of hydrogen-bond donors (Lipinski definition) is 1. The van der Waals surface area contributed by atoms with E-state index in [2.05, 4.69) is 10.2 Å². The maximum Gasteiger partial charge on any atom is 0.407 e. The summed E-state index contributed by atoms with van der Waals surface area (Å²) in [7, 11) is 5.53. The van der Waals surface area contributed by atoms with Gasteiger partial charge in [0.1, 0.15) is 6.10 Å². The molecule has 1 saturated carbocycles. The zero-order chi connectivity index (χ0) is 8.43. The average Bonchev–Trinajstić information content (AvgIpc) is 2.67. The van der Waals surface area contributed by atoms with Crippen molar-refractivity contribution in [2.24, 2.45) is 0 Å². The van der Waals surface area contributed by atoms with Gasteiger partial charge in [0, 0.05) is 19.5 Å². The lowest BCUT2D eigenvalue weighted by Crippen LogP contribution is -2.25. The molecule has 1 aliphatic rings. The van der Waals surface area contributed by atoms with Gasteiger partial charge in [-0.3, -0.25) is 0 Å². The number of hydrogen-bond acceptors (Lipinski definition) is 3. The van der Waals surface area contributed by atoms with E-state index in [1.54, 1.807) is 7.05 Å². The maximum atomic E-state index is 10.7. The molecule has 11 heavy (non-hydrogen) atoms. The largest absolute Gasteiger partial charge is 0.445 e. The second-order valence-electron chi connectivity index (χ2n) is 2.96. The fourth-order valence-electron chi connectivity index (χ4n) is 1.03. The fraction of sp³-hybridized carbons (Fsp3) is 0.857. The normalized spacial score (nSPS) is 28.4. The second-order valence-corrected chi connectivity index (χ2v) is 2.96. The third-order valence-electron chi connectivity index (χ3n) is 1.83. The third-order valence-corrected chi connectivity index (χ3v) is 1.83. The Kier molecular flexibility index (Phi) is 2.34. The molecule has 0 aromatic heterocycles. The number of carbonyl (C=O) groups excluding carboxylic acids is 1. The number of likely N-dealkylation sites (N-methyl/N-ethyl adjacent to an activating group) is 1. The second kappa shape index (κ2) is 3.09. The third kappa shape index (κ3) is 2.08. The summed E-state index contributed by atoms with van der Waals surface area (Å²) in [6.45, 7) is 0. The van der Waals surface area contributed by atoms with Gasteiger partial charge in [0.2, 0.25) is 0 Å². The molecule has 1 N–H and O–H groups in total. The van der Waals surface area contributed by atoms with Crippen molar-refractivity contribution in [3.05, 3.63) is 0 Å². The maximum absolute atomic E-state index is 10.7. The highest BCUT2D eigenvalue weighted by Crippen LogP contribution is 2.29. The molecule has 0 aromatic rings. The first-order chi connectivity index (χ1) is 5.15. The summed E-state index contributed by atoms with van der Waals surface area (Å²) in [5.74, 6) is 0. The van der Waals surface area contributed by atoms with E-state index in [1.165, 1.54) is 0 Å². The number of alkyl carbamates (subject to hydrolysis) is 1. The quantitative estimate of drug-likeness (QED) is 0.617. The molecule has 2 atom stereocenters. The Hall–Kier alpha value is -0.770. The minimum atomic E-state index is -0.334. The molecular weight excluding hydrogens is 144 g/mol. The predicted octanol–water partition coefficient (Wildman–Crippen LogP) is 0.0449. The van der Waals surface area contributed by atoms with Gasteiger partial charge in [-0.05, 0) is 14.1 Å². The smallest absolute Gasteiger partial charge is 0.407 e. The van der Waals surface area contributed by atoms with Crippen LogP contribution < -0.4 is 5.32 Å². The van der Waals surface area contributed by atoms with E-state index in [9.17, 15) is 4.79 Å². The van der Waals surface area contributed by atoms with Gasteiger partial charge in [0.15, 0.2) is 0 Å². The minimum absolute atomic E-state index is 0.102. The average molecular weight is 158 g/mol. The van der Waals surface area contributed by atoms with Gasteiger partial charge in [-0.2, -0.15) is 0 Å². The van der Waals surface area contributed by atoms with Crippen molar-refractivity contribution < 1.29 is 9.53 Å².